The molecular formula is C11H19N3O2. The van der Waals surface area contributed by atoms with E-state index in [-0.39, 0.29) is 6.61 Å². The number of aromatic nitrogens is 2. The van der Waals surface area contributed by atoms with Crippen molar-refractivity contribution in [1.82, 2.24) is 9.55 Å². The summed E-state index contributed by atoms with van der Waals surface area (Å²) in [7, 11) is 0. The van der Waals surface area contributed by atoms with Crippen molar-refractivity contribution in [3.05, 3.63) is 24.7 Å². The Morgan fingerprint density at radius 1 is 1.75 bits per heavy atom. The second-order valence-corrected chi connectivity index (χ2v) is 3.56. The van der Waals surface area contributed by atoms with Crippen LogP contribution in [0.4, 0.5) is 5.82 Å². The maximum absolute atomic E-state index is 9.67. The molecule has 0 radical (unpaired) electrons. The van der Waals surface area contributed by atoms with E-state index in [0.717, 1.165) is 12.1 Å². The summed E-state index contributed by atoms with van der Waals surface area (Å²) in [4.78, 5) is 4.15. The predicted molar refractivity (Wildman–Crippen MR) is 63.0 cm³/mol. The van der Waals surface area contributed by atoms with Crippen LogP contribution >= 0.6 is 0 Å². The number of nitrogens with zero attached hydrogens (tertiary/aromatic N) is 2. The molecule has 5 nitrogen and oxygen atoms in total. The van der Waals surface area contributed by atoms with Crippen molar-refractivity contribution in [1.29, 1.82) is 0 Å². The molecule has 0 aromatic carbocycles. The Kier molecular flexibility index (Phi) is 5.01. The summed E-state index contributed by atoms with van der Waals surface area (Å²) >= 11 is 0. The first kappa shape index (κ1) is 12.7. The van der Waals surface area contributed by atoms with Crippen LogP contribution in [0.1, 0.15) is 12.6 Å². The number of aliphatic hydroxyl groups is 1. The number of anilines is 1. The van der Waals surface area contributed by atoms with Crippen LogP contribution in [-0.4, -0.2) is 34.0 Å². The summed E-state index contributed by atoms with van der Waals surface area (Å²) in [5, 5.41) is 9.67. The molecular weight excluding hydrogens is 206 g/mol. The van der Waals surface area contributed by atoms with Gasteiger partial charge in [0, 0.05) is 0 Å². The van der Waals surface area contributed by atoms with Crippen LogP contribution in [0.15, 0.2) is 19.0 Å². The van der Waals surface area contributed by atoms with E-state index in [0.29, 0.717) is 19.0 Å². The Balaban J connectivity index is 2.45. The van der Waals surface area contributed by atoms with Gasteiger partial charge in [-0.25, -0.2) is 4.98 Å². The molecule has 3 N–H and O–H groups in total. The predicted octanol–water partition coefficient (Wildman–Crippen LogP) is 0.591. The summed E-state index contributed by atoms with van der Waals surface area (Å²) in [5.74, 6) is 0.616. The van der Waals surface area contributed by atoms with E-state index >= 15 is 0 Å². The van der Waals surface area contributed by atoms with Gasteiger partial charge in [0.2, 0.25) is 0 Å². The highest BCUT2D eigenvalue weighted by molar-refractivity contribution is 5.35. The third-order valence-corrected chi connectivity index (χ3v) is 2.25. The molecule has 90 valence electrons. The van der Waals surface area contributed by atoms with Crippen LogP contribution in [0.2, 0.25) is 0 Å². The van der Waals surface area contributed by atoms with Gasteiger partial charge >= 0.3 is 0 Å². The first-order valence-corrected chi connectivity index (χ1v) is 5.35. The molecule has 0 aliphatic heterocycles. The molecule has 1 heterocycles. The lowest BCUT2D eigenvalue weighted by Gasteiger charge is -2.12. The fourth-order valence-electron chi connectivity index (χ4n) is 1.42. The molecule has 1 atom stereocenters. The second-order valence-electron chi connectivity index (χ2n) is 3.56. The fraction of sp³-hybridized carbons (Fsp3) is 0.545. The molecule has 0 bridgehead atoms. The van der Waals surface area contributed by atoms with Gasteiger partial charge in [-0.05, 0) is 6.42 Å². The lowest BCUT2D eigenvalue weighted by molar-refractivity contribution is 0.0399. The van der Waals surface area contributed by atoms with Crippen LogP contribution in [0.3, 0.4) is 0 Å². The first-order chi connectivity index (χ1) is 7.69. The summed E-state index contributed by atoms with van der Waals surface area (Å²) in [5.41, 5.74) is 6.71. The smallest absolute Gasteiger partial charge is 0.126 e. The largest absolute Gasteiger partial charge is 0.389 e. The maximum Gasteiger partial charge on any atom is 0.126 e. The number of nitrogen functional groups attached to an aromatic ring is 1. The van der Waals surface area contributed by atoms with Gasteiger partial charge < -0.3 is 20.1 Å². The van der Waals surface area contributed by atoms with E-state index in [1.165, 1.54) is 0 Å². The summed E-state index contributed by atoms with van der Waals surface area (Å²) in [6, 6.07) is 0. The second kappa shape index (κ2) is 6.30. The SMILES string of the molecule is C=CCOCC(O)Cn1cnc(CC)c1N. The van der Waals surface area contributed by atoms with Crippen molar-refractivity contribution in [2.75, 3.05) is 18.9 Å². The van der Waals surface area contributed by atoms with Crippen LogP contribution in [0.5, 0.6) is 0 Å². The monoisotopic (exact) mass is 225 g/mol. The van der Waals surface area contributed by atoms with Crippen molar-refractivity contribution in [3.63, 3.8) is 0 Å². The number of ether oxygens (including phenoxy) is 1. The zero-order valence-electron chi connectivity index (χ0n) is 9.59. The van der Waals surface area contributed by atoms with Crippen molar-refractivity contribution in [2.24, 2.45) is 0 Å². The summed E-state index contributed by atoms with van der Waals surface area (Å²) < 4.78 is 6.88. The number of aliphatic hydroxyl groups excluding tert-OH is 1. The van der Waals surface area contributed by atoms with Crippen molar-refractivity contribution < 1.29 is 9.84 Å². The number of nitrogens with two attached hydrogens (primary N) is 1. The van der Waals surface area contributed by atoms with E-state index in [1.54, 1.807) is 17.0 Å². The molecule has 0 spiro atoms. The minimum Gasteiger partial charge on any atom is -0.389 e. The number of imidazole rings is 1. The zero-order valence-corrected chi connectivity index (χ0v) is 9.59. The van der Waals surface area contributed by atoms with Gasteiger partial charge in [-0.1, -0.05) is 13.0 Å². The Morgan fingerprint density at radius 2 is 2.50 bits per heavy atom. The molecule has 5 heteroatoms. The molecule has 1 aromatic rings. The molecule has 1 rings (SSSR count). The highest BCUT2D eigenvalue weighted by Gasteiger charge is 2.10. The molecule has 0 amide bonds. The third kappa shape index (κ3) is 3.36. The fourth-order valence-corrected chi connectivity index (χ4v) is 1.42. The van der Waals surface area contributed by atoms with E-state index < -0.39 is 6.10 Å². The van der Waals surface area contributed by atoms with Gasteiger partial charge in [0.1, 0.15) is 5.82 Å². The average molecular weight is 225 g/mol. The van der Waals surface area contributed by atoms with E-state index in [1.807, 2.05) is 6.92 Å². The third-order valence-electron chi connectivity index (χ3n) is 2.25. The van der Waals surface area contributed by atoms with Crippen molar-refractivity contribution in [2.45, 2.75) is 26.0 Å². The molecule has 0 saturated carbocycles. The van der Waals surface area contributed by atoms with Crippen LogP contribution in [0.25, 0.3) is 0 Å². The maximum atomic E-state index is 9.67. The molecule has 16 heavy (non-hydrogen) atoms. The van der Waals surface area contributed by atoms with Gasteiger partial charge in [-0.2, -0.15) is 0 Å². The number of hydrogen-bond donors (Lipinski definition) is 2. The van der Waals surface area contributed by atoms with E-state index in [9.17, 15) is 5.11 Å². The Labute approximate surface area is 95.5 Å². The lowest BCUT2D eigenvalue weighted by atomic mass is 10.3. The van der Waals surface area contributed by atoms with Gasteiger partial charge in [-0.15, -0.1) is 6.58 Å². The first-order valence-electron chi connectivity index (χ1n) is 5.35. The zero-order chi connectivity index (χ0) is 12.0. The van der Waals surface area contributed by atoms with Crippen LogP contribution in [-0.2, 0) is 17.7 Å². The summed E-state index contributed by atoms with van der Waals surface area (Å²) in [6.45, 7) is 6.63. The summed E-state index contributed by atoms with van der Waals surface area (Å²) in [6.07, 6.45) is 3.50. The number of aryl methyl sites for hydroxylation is 1. The van der Waals surface area contributed by atoms with E-state index in [2.05, 4.69) is 11.6 Å². The number of rotatable bonds is 7. The molecule has 1 aromatic heterocycles. The Morgan fingerprint density at radius 3 is 3.06 bits per heavy atom. The Bertz CT molecular complexity index is 336. The normalized spacial score (nSPS) is 12.6. The lowest BCUT2D eigenvalue weighted by Crippen LogP contribution is -2.22. The molecule has 0 saturated heterocycles. The highest BCUT2D eigenvalue weighted by atomic mass is 16.5. The van der Waals surface area contributed by atoms with Crippen LogP contribution < -0.4 is 5.73 Å². The standard InChI is InChI=1S/C11H19N3O2/c1-3-5-16-7-9(15)6-14-8-13-10(4-2)11(14)12/h3,8-9,15H,1,4-7,12H2,2H3. The van der Waals surface area contributed by atoms with Crippen molar-refractivity contribution in [3.8, 4) is 0 Å². The van der Waals surface area contributed by atoms with Crippen LogP contribution in [0, 0.1) is 0 Å². The van der Waals surface area contributed by atoms with E-state index in [4.69, 9.17) is 10.5 Å². The topological polar surface area (TPSA) is 73.3 Å². The molecule has 0 aliphatic rings. The molecule has 0 aliphatic carbocycles. The Hall–Kier alpha value is -1.33. The highest BCUT2D eigenvalue weighted by Crippen LogP contribution is 2.11. The number of hydrogen-bond acceptors (Lipinski definition) is 4. The molecule has 0 fully saturated rings. The van der Waals surface area contributed by atoms with Gasteiger partial charge in [0.05, 0.1) is 37.9 Å². The van der Waals surface area contributed by atoms with Gasteiger partial charge in [0.25, 0.3) is 0 Å². The molecule has 1 unspecified atom stereocenters. The minimum atomic E-state index is -0.582. The quantitative estimate of drug-likeness (QED) is 0.526. The minimum absolute atomic E-state index is 0.269. The van der Waals surface area contributed by atoms with Gasteiger partial charge in [0.15, 0.2) is 0 Å². The average Bonchev–Trinajstić information content (AvgIpc) is 2.60. The van der Waals surface area contributed by atoms with Crippen molar-refractivity contribution >= 4 is 5.82 Å². The van der Waals surface area contributed by atoms with Gasteiger partial charge in [-0.3, -0.25) is 0 Å².